The van der Waals surface area contributed by atoms with Gasteiger partial charge in [-0.3, -0.25) is 0 Å². The Morgan fingerprint density at radius 1 is 1.05 bits per heavy atom. The molecule has 1 unspecified atom stereocenters. The van der Waals surface area contributed by atoms with Crippen LogP contribution in [0.5, 0.6) is 5.75 Å². The lowest BCUT2D eigenvalue weighted by Crippen LogP contribution is -2.15. The Morgan fingerprint density at radius 2 is 1.81 bits per heavy atom. The van der Waals surface area contributed by atoms with Gasteiger partial charge in [-0.2, -0.15) is 0 Å². The number of ether oxygens (including phenoxy) is 1. The van der Waals surface area contributed by atoms with Crippen LogP contribution in [-0.2, 0) is 0 Å². The number of benzene rings is 2. The highest BCUT2D eigenvalue weighted by Crippen LogP contribution is 2.43. The normalized spacial score (nSPS) is 16.0. The van der Waals surface area contributed by atoms with E-state index in [-0.39, 0.29) is 6.10 Å². The number of hydrogen-bond acceptors (Lipinski definition) is 3. The quantitative estimate of drug-likeness (QED) is 0.717. The molecule has 3 nitrogen and oxygen atoms in total. The smallest absolute Gasteiger partial charge is 0.166 e. The molecule has 0 fully saturated rings. The first kappa shape index (κ1) is 12.5. The van der Waals surface area contributed by atoms with Crippen LogP contribution in [-0.4, -0.2) is 16.2 Å². The molecule has 1 aliphatic heterocycles. The second kappa shape index (κ2) is 4.97. The van der Waals surface area contributed by atoms with Crippen molar-refractivity contribution in [3.63, 3.8) is 0 Å². The molecule has 2 heterocycles. The highest BCUT2D eigenvalue weighted by molar-refractivity contribution is 7.98. The molecule has 3 aromatic rings. The van der Waals surface area contributed by atoms with E-state index in [1.54, 1.807) is 11.8 Å². The molecule has 0 radical (unpaired) electrons. The van der Waals surface area contributed by atoms with Crippen LogP contribution in [0.25, 0.3) is 11.3 Å². The summed E-state index contributed by atoms with van der Waals surface area (Å²) in [7, 11) is 0. The van der Waals surface area contributed by atoms with E-state index in [1.807, 2.05) is 42.7 Å². The van der Waals surface area contributed by atoms with Gasteiger partial charge < -0.3 is 9.72 Å². The molecule has 4 heteroatoms. The molecule has 0 bridgehead atoms. The summed E-state index contributed by atoms with van der Waals surface area (Å²) in [4.78, 5) is 8.11. The number of hydrogen-bond donors (Lipinski definition) is 1. The van der Waals surface area contributed by atoms with E-state index >= 15 is 0 Å². The summed E-state index contributed by atoms with van der Waals surface area (Å²) in [6.45, 7) is 0. The third kappa shape index (κ3) is 2.03. The number of H-pyrrole nitrogens is 1. The zero-order valence-electron chi connectivity index (χ0n) is 11.5. The van der Waals surface area contributed by atoms with Crippen molar-refractivity contribution >= 4 is 11.8 Å². The van der Waals surface area contributed by atoms with Gasteiger partial charge in [-0.05, 0) is 24.0 Å². The lowest BCUT2D eigenvalue weighted by Gasteiger charge is -2.25. The summed E-state index contributed by atoms with van der Waals surface area (Å²) in [5.41, 5.74) is 4.21. The van der Waals surface area contributed by atoms with Gasteiger partial charge in [0.05, 0.1) is 5.69 Å². The summed E-state index contributed by atoms with van der Waals surface area (Å²) < 4.78 is 6.22. The highest BCUT2D eigenvalue weighted by Gasteiger charge is 2.30. The van der Waals surface area contributed by atoms with Crippen LogP contribution in [0.2, 0.25) is 0 Å². The Kier molecular flexibility index (Phi) is 2.97. The fourth-order valence-corrected chi connectivity index (χ4v) is 3.06. The second-order valence-electron chi connectivity index (χ2n) is 4.91. The lowest BCUT2D eigenvalue weighted by atomic mass is 9.98. The standard InChI is InChI=1S/C17H14N2OS/c1-21-17-18-14-12-9-5-6-10-13(12)20-16(15(14)19-17)11-7-3-2-4-8-11/h2-10,16H,1H3,(H,18,19). The number of para-hydroxylation sites is 1. The molecule has 0 saturated carbocycles. The van der Waals surface area contributed by atoms with Crippen molar-refractivity contribution in [2.24, 2.45) is 0 Å². The van der Waals surface area contributed by atoms with Gasteiger partial charge in [0.15, 0.2) is 11.3 Å². The number of nitrogens with one attached hydrogen (secondary N) is 1. The second-order valence-corrected chi connectivity index (χ2v) is 5.71. The maximum atomic E-state index is 6.22. The molecule has 2 aromatic carbocycles. The predicted octanol–water partition coefficient (Wildman–Crippen LogP) is 4.28. The van der Waals surface area contributed by atoms with Crippen molar-refractivity contribution in [3.8, 4) is 17.0 Å². The highest BCUT2D eigenvalue weighted by atomic mass is 32.2. The van der Waals surface area contributed by atoms with Gasteiger partial charge in [-0.1, -0.05) is 54.2 Å². The minimum Gasteiger partial charge on any atom is -0.479 e. The van der Waals surface area contributed by atoms with Gasteiger partial charge in [0, 0.05) is 5.56 Å². The van der Waals surface area contributed by atoms with Gasteiger partial charge in [-0.25, -0.2) is 4.98 Å². The number of imidazole rings is 1. The van der Waals surface area contributed by atoms with Crippen molar-refractivity contribution in [2.45, 2.75) is 11.3 Å². The molecule has 1 aromatic heterocycles. The third-order valence-corrected chi connectivity index (χ3v) is 4.23. The maximum absolute atomic E-state index is 6.22. The summed E-state index contributed by atoms with van der Waals surface area (Å²) >= 11 is 1.61. The van der Waals surface area contributed by atoms with E-state index in [0.29, 0.717) is 0 Å². The third-order valence-electron chi connectivity index (χ3n) is 3.65. The first-order chi connectivity index (χ1) is 10.4. The number of nitrogens with zero attached hydrogens (tertiary/aromatic N) is 1. The molecule has 1 atom stereocenters. The largest absolute Gasteiger partial charge is 0.479 e. The summed E-state index contributed by atoms with van der Waals surface area (Å²) in [6, 6.07) is 18.3. The van der Waals surface area contributed by atoms with Crippen molar-refractivity contribution in [3.05, 3.63) is 65.9 Å². The Hall–Kier alpha value is -2.20. The Balaban J connectivity index is 1.92. The van der Waals surface area contributed by atoms with Gasteiger partial charge >= 0.3 is 0 Å². The molecule has 0 spiro atoms. The number of rotatable bonds is 2. The average Bonchev–Trinajstić information content (AvgIpc) is 2.99. The van der Waals surface area contributed by atoms with E-state index < -0.39 is 0 Å². The molecule has 21 heavy (non-hydrogen) atoms. The summed E-state index contributed by atoms with van der Waals surface area (Å²) in [5.74, 6) is 0.887. The minimum absolute atomic E-state index is 0.135. The van der Waals surface area contributed by atoms with Crippen LogP contribution in [0, 0.1) is 0 Å². The monoisotopic (exact) mass is 294 g/mol. The fourth-order valence-electron chi connectivity index (χ4n) is 2.67. The van der Waals surface area contributed by atoms with Crippen molar-refractivity contribution in [2.75, 3.05) is 6.26 Å². The predicted molar refractivity (Wildman–Crippen MR) is 84.7 cm³/mol. The molecule has 104 valence electrons. The van der Waals surface area contributed by atoms with Gasteiger partial charge in [0.2, 0.25) is 0 Å². The lowest BCUT2D eigenvalue weighted by molar-refractivity contribution is 0.238. The van der Waals surface area contributed by atoms with Crippen LogP contribution in [0.15, 0.2) is 59.8 Å². The number of thioether (sulfide) groups is 1. The Bertz CT molecular complexity index is 782. The maximum Gasteiger partial charge on any atom is 0.166 e. The van der Waals surface area contributed by atoms with E-state index in [9.17, 15) is 0 Å². The van der Waals surface area contributed by atoms with Crippen LogP contribution in [0.4, 0.5) is 0 Å². The van der Waals surface area contributed by atoms with Crippen LogP contribution < -0.4 is 4.74 Å². The zero-order chi connectivity index (χ0) is 14.2. The first-order valence-corrected chi connectivity index (χ1v) is 8.04. The molecular formula is C17H14N2OS. The summed E-state index contributed by atoms with van der Waals surface area (Å²) in [6.07, 6.45) is 1.89. The van der Waals surface area contributed by atoms with E-state index in [1.165, 1.54) is 0 Å². The van der Waals surface area contributed by atoms with E-state index in [0.717, 1.165) is 33.4 Å². The topological polar surface area (TPSA) is 37.9 Å². The van der Waals surface area contributed by atoms with Gasteiger partial charge in [0.25, 0.3) is 0 Å². The molecule has 4 rings (SSSR count). The van der Waals surface area contributed by atoms with Gasteiger partial charge in [0.1, 0.15) is 11.4 Å². The van der Waals surface area contributed by atoms with Crippen molar-refractivity contribution < 1.29 is 4.74 Å². The van der Waals surface area contributed by atoms with Crippen LogP contribution in [0.3, 0.4) is 0 Å². The molecule has 1 N–H and O–H groups in total. The molecule has 1 aliphatic rings. The van der Waals surface area contributed by atoms with Crippen molar-refractivity contribution in [1.82, 2.24) is 9.97 Å². The van der Waals surface area contributed by atoms with Gasteiger partial charge in [-0.15, -0.1) is 0 Å². The first-order valence-electron chi connectivity index (χ1n) is 6.81. The van der Waals surface area contributed by atoms with Crippen LogP contribution in [0.1, 0.15) is 17.4 Å². The number of aromatic nitrogens is 2. The zero-order valence-corrected chi connectivity index (χ0v) is 12.4. The Labute approximate surface area is 127 Å². The Morgan fingerprint density at radius 3 is 2.62 bits per heavy atom. The minimum atomic E-state index is -0.135. The average molecular weight is 294 g/mol. The SMILES string of the molecule is CSc1nc2c([nH]1)C(c1ccccc1)Oc1ccccc1-2. The summed E-state index contributed by atoms with van der Waals surface area (Å²) in [5, 5.41) is 0.918. The number of aromatic amines is 1. The van der Waals surface area contributed by atoms with E-state index in [4.69, 9.17) is 9.72 Å². The molecule has 0 saturated heterocycles. The van der Waals surface area contributed by atoms with Crippen molar-refractivity contribution in [1.29, 1.82) is 0 Å². The van der Waals surface area contributed by atoms with E-state index in [2.05, 4.69) is 23.2 Å². The molecular weight excluding hydrogens is 280 g/mol. The molecule has 0 aliphatic carbocycles. The molecule has 0 amide bonds. The fraction of sp³-hybridized carbons (Fsp3) is 0.118. The van der Waals surface area contributed by atoms with Crippen LogP contribution >= 0.6 is 11.8 Å². The number of fused-ring (bicyclic) bond motifs is 3.